The molecule has 0 fully saturated rings. The topological polar surface area (TPSA) is 58.7 Å². The van der Waals surface area contributed by atoms with E-state index in [0.29, 0.717) is 35.1 Å². The molecule has 0 spiro atoms. The lowest BCUT2D eigenvalue weighted by Crippen LogP contribution is -2.11. The summed E-state index contributed by atoms with van der Waals surface area (Å²) in [6.07, 6.45) is 2.13. The Bertz CT molecular complexity index is 893. The van der Waals surface area contributed by atoms with Gasteiger partial charge in [-0.2, -0.15) is 5.26 Å². The van der Waals surface area contributed by atoms with Crippen molar-refractivity contribution < 1.29 is 4.79 Å². The number of aromatic nitrogens is 2. The molecule has 1 heterocycles. The molecule has 0 atom stereocenters. The molecule has 3 aromatic rings. The van der Waals surface area contributed by atoms with Gasteiger partial charge in [0.15, 0.2) is 5.82 Å². The zero-order valence-corrected chi connectivity index (χ0v) is 13.6. The zero-order valence-electron chi connectivity index (χ0n) is 12.8. The Morgan fingerprint density at radius 1 is 1.12 bits per heavy atom. The number of imidazole rings is 1. The molecule has 0 aliphatic carbocycles. The van der Waals surface area contributed by atoms with Crippen LogP contribution in [0.4, 0.5) is 0 Å². The summed E-state index contributed by atoms with van der Waals surface area (Å²) in [4.78, 5) is 17.3. The quantitative estimate of drug-likeness (QED) is 0.651. The second kappa shape index (κ2) is 7.12. The number of nitrogens with zero attached hydrogens (tertiary/aromatic N) is 3. The van der Waals surface area contributed by atoms with Gasteiger partial charge in [-0.3, -0.25) is 4.79 Å². The highest BCUT2D eigenvalue weighted by atomic mass is 35.5. The maximum Gasteiger partial charge on any atom is 0.228 e. The van der Waals surface area contributed by atoms with Crippen LogP contribution in [0.5, 0.6) is 0 Å². The Labute approximate surface area is 145 Å². The van der Waals surface area contributed by atoms with E-state index in [9.17, 15) is 4.79 Å². The van der Waals surface area contributed by atoms with Crippen molar-refractivity contribution in [1.82, 2.24) is 9.55 Å². The minimum Gasteiger partial charge on any atom is -0.327 e. The molecule has 0 bridgehead atoms. The molecule has 0 saturated carbocycles. The molecule has 24 heavy (non-hydrogen) atoms. The maximum absolute atomic E-state index is 12.8. The van der Waals surface area contributed by atoms with Gasteiger partial charge in [-0.25, -0.2) is 4.98 Å². The van der Waals surface area contributed by atoms with E-state index in [1.165, 1.54) is 0 Å². The fraction of sp³-hybridized carbons (Fsp3) is 0.105. The number of benzene rings is 2. The van der Waals surface area contributed by atoms with Crippen molar-refractivity contribution in [3.8, 4) is 17.3 Å². The van der Waals surface area contributed by atoms with Crippen LogP contribution < -0.4 is 0 Å². The number of ketones is 1. The molecule has 5 heteroatoms. The Hall–Kier alpha value is -2.90. The summed E-state index contributed by atoms with van der Waals surface area (Å²) in [5, 5.41) is 9.42. The van der Waals surface area contributed by atoms with Gasteiger partial charge >= 0.3 is 0 Å². The second-order valence-electron chi connectivity index (χ2n) is 5.25. The van der Waals surface area contributed by atoms with E-state index < -0.39 is 0 Å². The fourth-order valence-electron chi connectivity index (χ4n) is 2.42. The fourth-order valence-corrected chi connectivity index (χ4v) is 2.54. The number of rotatable bonds is 5. The first-order valence-electron chi connectivity index (χ1n) is 7.49. The SMILES string of the molecule is N#CCCn1cc(-c2ccccc2)nc1C(=O)c1ccc(Cl)cc1. The Kier molecular flexibility index (Phi) is 4.74. The van der Waals surface area contributed by atoms with E-state index in [4.69, 9.17) is 16.9 Å². The molecule has 0 aliphatic rings. The van der Waals surface area contributed by atoms with Crippen molar-refractivity contribution in [2.24, 2.45) is 0 Å². The van der Waals surface area contributed by atoms with Crippen molar-refractivity contribution in [3.63, 3.8) is 0 Å². The maximum atomic E-state index is 12.8. The van der Waals surface area contributed by atoms with E-state index in [-0.39, 0.29) is 5.78 Å². The van der Waals surface area contributed by atoms with E-state index in [1.54, 1.807) is 28.8 Å². The molecule has 4 nitrogen and oxygen atoms in total. The predicted molar refractivity (Wildman–Crippen MR) is 92.8 cm³/mol. The van der Waals surface area contributed by atoms with Gasteiger partial charge in [-0.05, 0) is 24.3 Å². The number of carbonyl (C=O) groups is 1. The van der Waals surface area contributed by atoms with Crippen molar-refractivity contribution in [3.05, 3.63) is 77.2 Å². The van der Waals surface area contributed by atoms with Crippen LogP contribution in [0.1, 0.15) is 22.6 Å². The third-order valence-electron chi connectivity index (χ3n) is 3.62. The molecule has 0 saturated heterocycles. The summed E-state index contributed by atoms with van der Waals surface area (Å²) >= 11 is 5.88. The minimum atomic E-state index is -0.188. The first-order valence-corrected chi connectivity index (χ1v) is 7.86. The summed E-state index contributed by atoms with van der Waals surface area (Å²) in [6, 6.07) is 18.5. The molecule has 0 N–H and O–H groups in total. The zero-order chi connectivity index (χ0) is 16.9. The highest BCUT2D eigenvalue weighted by Gasteiger charge is 2.18. The van der Waals surface area contributed by atoms with Crippen molar-refractivity contribution in [1.29, 1.82) is 5.26 Å². The van der Waals surface area contributed by atoms with Crippen molar-refractivity contribution in [2.75, 3.05) is 0 Å². The number of hydrogen-bond donors (Lipinski definition) is 0. The lowest BCUT2D eigenvalue weighted by Gasteiger charge is -2.04. The smallest absolute Gasteiger partial charge is 0.228 e. The first-order chi connectivity index (χ1) is 11.7. The van der Waals surface area contributed by atoms with Gasteiger partial charge in [0, 0.05) is 28.9 Å². The second-order valence-corrected chi connectivity index (χ2v) is 5.69. The van der Waals surface area contributed by atoms with Crippen LogP contribution in [0.15, 0.2) is 60.8 Å². The third-order valence-corrected chi connectivity index (χ3v) is 3.87. The molecule has 2 aromatic carbocycles. The summed E-state index contributed by atoms with van der Waals surface area (Å²) in [5.41, 5.74) is 2.16. The number of aryl methyl sites for hydroxylation is 1. The van der Waals surface area contributed by atoms with Gasteiger partial charge in [0.25, 0.3) is 0 Å². The largest absolute Gasteiger partial charge is 0.327 e. The van der Waals surface area contributed by atoms with Gasteiger partial charge in [-0.1, -0.05) is 41.9 Å². The van der Waals surface area contributed by atoms with Crippen LogP contribution in [0.2, 0.25) is 5.02 Å². The third kappa shape index (κ3) is 3.37. The number of nitriles is 1. The van der Waals surface area contributed by atoms with Gasteiger partial charge < -0.3 is 4.57 Å². The minimum absolute atomic E-state index is 0.188. The average Bonchev–Trinajstić information content (AvgIpc) is 3.05. The van der Waals surface area contributed by atoms with E-state index in [0.717, 1.165) is 5.56 Å². The lowest BCUT2D eigenvalue weighted by molar-refractivity contribution is 0.102. The average molecular weight is 336 g/mol. The summed E-state index contributed by atoms with van der Waals surface area (Å²) in [7, 11) is 0. The van der Waals surface area contributed by atoms with Crippen molar-refractivity contribution in [2.45, 2.75) is 13.0 Å². The number of hydrogen-bond acceptors (Lipinski definition) is 3. The van der Waals surface area contributed by atoms with Gasteiger partial charge in [0.05, 0.1) is 18.2 Å². The highest BCUT2D eigenvalue weighted by Crippen LogP contribution is 2.21. The molecule has 3 rings (SSSR count). The summed E-state index contributed by atoms with van der Waals surface area (Å²) < 4.78 is 1.74. The van der Waals surface area contributed by atoms with Crippen LogP contribution in [0, 0.1) is 11.3 Å². The van der Waals surface area contributed by atoms with E-state index in [2.05, 4.69) is 11.1 Å². The normalized spacial score (nSPS) is 10.3. The monoisotopic (exact) mass is 335 g/mol. The summed E-state index contributed by atoms with van der Waals surface area (Å²) in [5.74, 6) is 0.137. The summed E-state index contributed by atoms with van der Waals surface area (Å²) in [6.45, 7) is 0.422. The molecular weight excluding hydrogens is 322 g/mol. The van der Waals surface area contributed by atoms with Gasteiger partial charge in [0.2, 0.25) is 5.78 Å². The Morgan fingerprint density at radius 3 is 2.50 bits per heavy atom. The lowest BCUT2D eigenvalue weighted by atomic mass is 10.1. The molecule has 118 valence electrons. The van der Waals surface area contributed by atoms with Crippen LogP contribution >= 0.6 is 11.6 Å². The molecule has 0 amide bonds. The standard InChI is InChI=1S/C19H14ClN3O/c20-16-9-7-15(8-10-16)18(24)19-22-17(13-23(19)12-4-11-21)14-5-2-1-3-6-14/h1-3,5-10,13H,4,12H2. The molecule has 1 aromatic heterocycles. The van der Waals surface area contributed by atoms with Crippen LogP contribution in [-0.2, 0) is 6.54 Å². The predicted octanol–water partition coefficient (Wildman–Crippen LogP) is 4.35. The molecule has 0 unspecified atom stereocenters. The van der Waals surface area contributed by atoms with Crippen LogP contribution in [0.25, 0.3) is 11.3 Å². The van der Waals surface area contributed by atoms with Crippen molar-refractivity contribution >= 4 is 17.4 Å². The van der Waals surface area contributed by atoms with Crippen LogP contribution in [0.3, 0.4) is 0 Å². The van der Waals surface area contributed by atoms with Gasteiger partial charge in [0.1, 0.15) is 0 Å². The highest BCUT2D eigenvalue weighted by molar-refractivity contribution is 6.30. The molecule has 0 aliphatic heterocycles. The number of halogens is 1. The van der Waals surface area contributed by atoms with E-state index >= 15 is 0 Å². The molecule has 0 radical (unpaired) electrons. The first kappa shape index (κ1) is 16.0. The van der Waals surface area contributed by atoms with Crippen LogP contribution in [-0.4, -0.2) is 15.3 Å². The van der Waals surface area contributed by atoms with Gasteiger partial charge in [-0.15, -0.1) is 0 Å². The Balaban J connectivity index is 2.01. The Morgan fingerprint density at radius 2 is 1.83 bits per heavy atom. The number of carbonyl (C=O) groups excluding carboxylic acids is 1. The molecular formula is C19H14ClN3O. The van der Waals surface area contributed by atoms with E-state index in [1.807, 2.05) is 36.5 Å².